The zero-order chi connectivity index (χ0) is 18.0. The highest BCUT2D eigenvalue weighted by Crippen LogP contribution is 2.36. The Kier molecular flexibility index (Phi) is 4.83. The molecule has 0 saturated carbocycles. The van der Waals surface area contributed by atoms with Crippen molar-refractivity contribution in [3.8, 4) is 0 Å². The molecule has 0 fully saturated rings. The summed E-state index contributed by atoms with van der Waals surface area (Å²) >= 11 is 0. The fourth-order valence-corrected chi connectivity index (χ4v) is 3.23. The van der Waals surface area contributed by atoms with Crippen LogP contribution in [0.2, 0.25) is 0 Å². The summed E-state index contributed by atoms with van der Waals surface area (Å²) in [5.74, 6) is -0.556. The van der Waals surface area contributed by atoms with E-state index in [0.717, 1.165) is 16.8 Å². The second kappa shape index (κ2) is 7.05. The number of rotatable bonds is 5. The zero-order valence-electron chi connectivity index (χ0n) is 14.3. The van der Waals surface area contributed by atoms with Gasteiger partial charge >= 0.3 is 0 Å². The summed E-state index contributed by atoms with van der Waals surface area (Å²) in [5.41, 5.74) is 2.49. The summed E-state index contributed by atoms with van der Waals surface area (Å²) in [6.07, 6.45) is 0.786. The van der Waals surface area contributed by atoms with Gasteiger partial charge in [-0.15, -0.1) is 0 Å². The van der Waals surface area contributed by atoms with Crippen molar-refractivity contribution in [3.63, 3.8) is 0 Å². The average Bonchev–Trinajstić information content (AvgIpc) is 2.90. The molecule has 1 aliphatic rings. The van der Waals surface area contributed by atoms with Crippen molar-refractivity contribution >= 4 is 17.5 Å². The lowest BCUT2D eigenvalue weighted by Gasteiger charge is -2.31. The lowest BCUT2D eigenvalue weighted by atomic mass is 10.0. The van der Waals surface area contributed by atoms with Crippen LogP contribution < -0.4 is 5.32 Å². The van der Waals surface area contributed by atoms with E-state index in [-0.39, 0.29) is 30.1 Å². The van der Waals surface area contributed by atoms with Gasteiger partial charge in [-0.2, -0.15) is 0 Å². The molecular weight excluding hydrogens is 319 g/mol. The molecule has 0 bridgehead atoms. The van der Waals surface area contributed by atoms with Gasteiger partial charge in [0.15, 0.2) is 0 Å². The number of anilines is 1. The van der Waals surface area contributed by atoms with Gasteiger partial charge in [0.1, 0.15) is 11.9 Å². The van der Waals surface area contributed by atoms with Crippen LogP contribution in [0.1, 0.15) is 37.4 Å². The smallest absolute Gasteiger partial charge is 0.251 e. The molecule has 1 unspecified atom stereocenters. The van der Waals surface area contributed by atoms with Gasteiger partial charge < -0.3 is 10.2 Å². The SMILES string of the molecule is CC(C)N(C(=O)CCc1ccc(F)cc1)C1C(=O)Nc2ccccc21. The number of halogens is 1. The van der Waals surface area contributed by atoms with E-state index in [1.165, 1.54) is 12.1 Å². The first-order valence-corrected chi connectivity index (χ1v) is 8.43. The van der Waals surface area contributed by atoms with Crippen molar-refractivity contribution < 1.29 is 14.0 Å². The Morgan fingerprint density at radius 2 is 1.84 bits per heavy atom. The quantitative estimate of drug-likeness (QED) is 0.902. The molecular formula is C20H21FN2O2. The first kappa shape index (κ1) is 17.1. The van der Waals surface area contributed by atoms with E-state index in [2.05, 4.69) is 5.32 Å². The van der Waals surface area contributed by atoms with E-state index in [9.17, 15) is 14.0 Å². The molecule has 0 aromatic heterocycles. The molecule has 1 aliphatic heterocycles. The standard InChI is InChI=1S/C20H21FN2O2/c1-13(2)23(18(24)12-9-14-7-10-15(21)11-8-14)19-16-5-3-4-6-17(16)22-20(19)25/h3-8,10-11,13,19H,9,12H2,1-2H3,(H,22,25). The minimum Gasteiger partial charge on any atom is -0.324 e. The van der Waals surface area contributed by atoms with Crippen LogP contribution in [0.15, 0.2) is 48.5 Å². The van der Waals surface area contributed by atoms with E-state index in [4.69, 9.17) is 0 Å². The number of nitrogens with zero attached hydrogens (tertiary/aromatic N) is 1. The van der Waals surface area contributed by atoms with Crippen LogP contribution in [-0.2, 0) is 16.0 Å². The van der Waals surface area contributed by atoms with E-state index in [1.807, 2.05) is 38.1 Å². The second-order valence-electron chi connectivity index (χ2n) is 6.50. The van der Waals surface area contributed by atoms with Crippen molar-refractivity contribution in [1.82, 2.24) is 4.90 Å². The molecule has 1 atom stereocenters. The number of carbonyl (C=O) groups is 2. The average molecular weight is 340 g/mol. The van der Waals surface area contributed by atoms with Gasteiger partial charge in [0.2, 0.25) is 5.91 Å². The highest BCUT2D eigenvalue weighted by atomic mass is 19.1. The normalized spacial score (nSPS) is 15.8. The fourth-order valence-electron chi connectivity index (χ4n) is 3.23. The van der Waals surface area contributed by atoms with Crippen LogP contribution in [0, 0.1) is 5.82 Å². The molecule has 1 N–H and O–H groups in total. The Balaban J connectivity index is 1.78. The summed E-state index contributed by atoms with van der Waals surface area (Å²) in [6.45, 7) is 3.81. The maximum Gasteiger partial charge on any atom is 0.251 e. The topological polar surface area (TPSA) is 49.4 Å². The Morgan fingerprint density at radius 3 is 2.52 bits per heavy atom. The van der Waals surface area contributed by atoms with Gasteiger partial charge in [0, 0.05) is 23.7 Å². The van der Waals surface area contributed by atoms with Crippen molar-refractivity contribution in [3.05, 3.63) is 65.5 Å². The number of carbonyl (C=O) groups excluding carboxylic acids is 2. The maximum atomic E-state index is 13.0. The maximum absolute atomic E-state index is 13.0. The monoisotopic (exact) mass is 340 g/mol. The van der Waals surface area contributed by atoms with E-state index in [0.29, 0.717) is 6.42 Å². The third-order valence-corrected chi connectivity index (χ3v) is 4.42. The van der Waals surface area contributed by atoms with Crippen LogP contribution in [0.4, 0.5) is 10.1 Å². The molecule has 0 radical (unpaired) electrons. The fraction of sp³-hybridized carbons (Fsp3) is 0.300. The minimum atomic E-state index is -0.600. The number of benzene rings is 2. The number of nitrogens with one attached hydrogen (secondary N) is 1. The van der Waals surface area contributed by atoms with Crippen LogP contribution in [-0.4, -0.2) is 22.8 Å². The summed E-state index contributed by atoms with van der Waals surface area (Å²) in [7, 11) is 0. The minimum absolute atomic E-state index is 0.0869. The highest BCUT2D eigenvalue weighted by Gasteiger charge is 2.38. The Hall–Kier alpha value is -2.69. The summed E-state index contributed by atoms with van der Waals surface area (Å²) in [5, 5.41) is 2.84. The molecule has 5 heteroatoms. The van der Waals surface area contributed by atoms with Crippen LogP contribution in [0.3, 0.4) is 0 Å². The number of fused-ring (bicyclic) bond motifs is 1. The summed E-state index contributed by atoms with van der Waals surface area (Å²) < 4.78 is 13.0. The molecule has 3 rings (SSSR count). The van der Waals surface area contributed by atoms with Gasteiger partial charge in [-0.3, -0.25) is 9.59 Å². The van der Waals surface area contributed by atoms with Crippen LogP contribution in [0.5, 0.6) is 0 Å². The number of aryl methyl sites for hydroxylation is 1. The van der Waals surface area contributed by atoms with Crippen molar-refractivity contribution in [2.45, 2.75) is 38.8 Å². The van der Waals surface area contributed by atoms with Gasteiger partial charge in [0.05, 0.1) is 0 Å². The molecule has 25 heavy (non-hydrogen) atoms. The molecule has 2 amide bonds. The molecule has 1 heterocycles. The summed E-state index contributed by atoms with van der Waals surface area (Å²) in [6, 6.07) is 12.9. The number of para-hydroxylation sites is 1. The lowest BCUT2D eigenvalue weighted by Crippen LogP contribution is -2.42. The molecule has 0 saturated heterocycles. The number of amides is 2. The first-order chi connectivity index (χ1) is 12.0. The third-order valence-electron chi connectivity index (χ3n) is 4.42. The van der Waals surface area contributed by atoms with E-state index >= 15 is 0 Å². The van der Waals surface area contributed by atoms with Gasteiger partial charge in [-0.05, 0) is 44.0 Å². The third kappa shape index (κ3) is 3.55. The van der Waals surface area contributed by atoms with Crippen molar-refractivity contribution in [1.29, 1.82) is 0 Å². The largest absolute Gasteiger partial charge is 0.324 e. The van der Waals surface area contributed by atoms with Gasteiger partial charge in [0.25, 0.3) is 5.91 Å². The van der Waals surface area contributed by atoms with Crippen LogP contribution in [0.25, 0.3) is 0 Å². The number of hydrogen-bond donors (Lipinski definition) is 1. The first-order valence-electron chi connectivity index (χ1n) is 8.43. The van der Waals surface area contributed by atoms with Crippen molar-refractivity contribution in [2.24, 2.45) is 0 Å². The molecule has 2 aromatic rings. The van der Waals surface area contributed by atoms with E-state index < -0.39 is 6.04 Å². The van der Waals surface area contributed by atoms with Gasteiger partial charge in [-0.25, -0.2) is 4.39 Å². The zero-order valence-corrected chi connectivity index (χ0v) is 14.3. The molecule has 0 aliphatic carbocycles. The molecule has 0 spiro atoms. The molecule has 130 valence electrons. The molecule has 4 nitrogen and oxygen atoms in total. The second-order valence-corrected chi connectivity index (χ2v) is 6.50. The predicted octanol–water partition coefficient (Wildman–Crippen LogP) is 3.69. The summed E-state index contributed by atoms with van der Waals surface area (Å²) in [4.78, 5) is 26.9. The Morgan fingerprint density at radius 1 is 1.16 bits per heavy atom. The van der Waals surface area contributed by atoms with Gasteiger partial charge in [-0.1, -0.05) is 30.3 Å². The Labute approximate surface area is 146 Å². The number of hydrogen-bond acceptors (Lipinski definition) is 2. The Bertz CT molecular complexity index is 787. The highest BCUT2D eigenvalue weighted by molar-refractivity contribution is 6.04. The molecule has 2 aromatic carbocycles. The van der Waals surface area contributed by atoms with E-state index in [1.54, 1.807) is 17.0 Å². The predicted molar refractivity (Wildman–Crippen MR) is 94.5 cm³/mol. The van der Waals surface area contributed by atoms with Crippen LogP contribution >= 0.6 is 0 Å². The lowest BCUT2D eigenvalue weighted by molar-refractivity contribution is -0.140. The van der Waals surface area contributed by atoms with Crippen molar-refractivity contribution in [2.75, 3.05) is 5.32 Å².